The summed E-state index contributed by atoms with van der Waals surface area (Å²) in [5, 5.41) is 15.1. The predicted octanol–water partition coefficient (Wildman–Crippen LogP) is 2.60. The summed E-state index contributed by atoms with van der Waals surface area (Å²) in [5.41, 5.74) is 1.26. The molecular formula is C22H40IN7O. The lowest BCUT2D eigenvalue weighted by Gasteiger charge is -2.47. The van der Waals surface area contributed by atoms with E-state index in [0.29, 0.717) is 0 Å². The van der Waals surface area contributed by atoms with E-state index in [1.54, 1.807) is 6.33 Å². The van der Waals surface area contributed by atoms with Gasteiger partial charge in [-0.1, -0.05) is 38.3 Å². The molecule has 1 aliphatic carbocycles. The number of aryl methyl sites for hydroxylation is 1. The molecule has 9 heteroatoms. The van der Waals surface area contributed by atoms with E-state index in [1.807, 2.05) is 6.92 Å². The Bertz CT molecular complexity index is 694. The number of nitrogens with zero attached hydrogens (tertiary/aromatic N) is 5. The molecule has 2 N–H and O–H groups in total. The Labute approximate surface area is 204 Å². The second-order valence-corrected chi connectivity index (χ2v) is 8.58. The molecule has 0 aromatic carbocycles. The minimum atomic E-state index is 0. The minimum Gasteiger partial charge on any atom is -0.379 e. The van der Waals surface area contributed by atoms with Gasteiger partial charge >= 0.3 is 0 Å². The maximum atomic E-state index is 5.61. The van der Waals surface area contributed by atoms with Crippen LogP contribution in [0.15, 0.2) is 23.5 Å². The Kier molecular flexibility index (Phi) is 11.2. The lowest BCUT2D eigenvalue weighted by atomic mass is 9.80. The van der Waals surface area contributed by atoms with E-state index in [0.717, 1.165) is 76.3 Å². The van der Waals surface area contributed by atoms with E-state index >= 15 is 0 Å². The van der Waals surface area contributed by atoms with Gasteiger partial charge in [-0.05, 0) is 19.8 Å². The fraction of sp³-hybridized carbons (Fsp3) is 0.773. The van der Waals surface area contributed by atoms with Gasteiger partial charge in [0.15, 0.2) is 5.96 Å². The molecule has 1 saturated carbocycles. The van der Waals surface area contributed by atoms with E-state index in [9.17, 15) is 0 Å². The number of rotatable bonds is 9. The van der Waals surface area contributed by atoms with Crippen molar-refractivity contribution in [1.29, 1.82) is 0 Å². The molecule has 3 rings (SSSR count). The summed E-state index contributed by atoms with van der Waals surface area (Å²) in [6.45, 7) is 15.0. The molecule has 1 aromatic heterocycles. The summed E-state index contributed by atoms with van der Waals surface area (Å²) in [6.07, 6.45) is 9.07. The van der Waals surface area contributed by atoms with Gasteiger partial charge < -0.3 is 19.9 Å². The number of nitrogens with one attached hydrogen (secondary N) is 2. The Morgan fingerprint density at radius 2 is 1.97 bits per heavy atom. The van der Waals surface area contributed by atoms with Gasteiger partial charge in [-0.25, -0.2) is 0 Å². The first-order valence-corrected chi connectivity index (χ1v) is 11.5. The number of hydrogen-bond acceptors (Lipinski definition) is 5. The van der Waals surface area contributed by atoms with Crippen molar-refractivity contribution in [3.63, 3.8) is 0 Å². The van der Waals surface area contributed by atoms with Gasteiger partial charge in [-0.15, -0.1) is 34.2 Å². The topological polar surface area (TPSA) is 79.6 Å². The normalized spacial score (nSPS) is 19.5. The quantitative estimate of drug-likeness (QED) is 0.215. The lowest BCUT2D eigenvalue weighted by molar-refractivity contribution is -0.0333. The highest BCUT2D eigenvalue weighted by molar-refractivity contribution is 14.0. The maximum Gasteiger partial charge on any atom is 0.191 e. The molecule has 2 aliphatic rings. The molecular weight excluding hydrogens is 505 g/mol. The monoisotopic (exact) mass is 545 g/mol. The maximum absolute atomic E-state index is 5.61. The van der Waals surface area contributed by atoms with Crippen LogP contribution in [0.1, 0.15) is 51.8 Å². The zero-order valence-corrected chi connectivity index (χ0v) is 21.6. The average molecular weight is 546 g/mol. The number of morpholine rings is 1. The molecule has 8 nitrogen and oxygen atoms in total. The Morgan fingerprint density at radius 1 is 1.23 bits per heavy atom. The van der Waals surface area contributed by atoms with Crippen molar-refractivity contribution in [3.05, 3.63) is 24.3 Å². The van der Waals surface area contributed by atoms with Crippen LogP contribution in [-0.4, -0.2) is 77.1 Å². The summed E-state index contributed by atoms with van der Waals surface area (Å²) in [6, 6.07) is 0. The van der Waals surface area contributed by atoms with Gasteiger partial charge in [-0.2, -0.15) is 0 Å². The van der Waals surface area contributed by atoms with Crippen molar-refractivity contribution < 1.29 is 4.74 Å². The van der Waals surface area contributed by atoms with Crippen LogP contribution in [0.25, 0.3) is 0 Å². The fourth-order valence-electron chi connectivity index (χ4n) is 4.49. The lowest BCUT2D eigenvalue weighted by Crippen LogP contribution is -2.56. The molecule has 31 heavy (non-hydrogen) atoms. The summed E-state index contributed by atoms with van der Waals surface area (Å²) in [4.78, 5) is 7.70. The van der Waals surface area contributed by atoms with E-state index in [4.69, 9.17) is 9.73 Å². The number of aliphatic imine (C=N–C) groups is 1. The molecule has 0 spiro atoms. The summed E-state index contributed by atoms with van der Waals surface area (Å²) < 4.78 is 7.71. The van der Waals surface area contributed by atoms with Crippen LogP contribution in [0.5, 0.6) is 0 Å². The molecule has 1 aromatic rings. The van der Waals surface area contributed by atoms with E-state index in [-0.39, 0.29) is 29.5 Å². The largest absolute Gasteiger partial charge is 0.379 e. The molecule has 1 aliphatic heterocycles. The molecule has 1 saturated heterocycles. The predicted molar refractivity (Wildman–Crippen MR) is 136 cm³/mol. The third kappa shape index (κ3) is 7.71. The van der Waals surface area contributed by atoms with E-state index < -0.39 is 0 Å². The standard InChI is InChI=1S/C22H39N7O.HI/c1-4-20-27-26-18-28(20)11-10-23-21(24-16-19(2)3)25-17-22(8-6-5-7-9-22)29-12-14-30-15-13-29;/h18H,2,4-17H2,1,3H3,(H2,23,24,25);1H. The van der Waals surface area contributed by atoms with Crippen molar-refractivity contribution in [3.8, 4) is 0 Å². The Hall–Kier alpha value is -1.20. The SMILES string of the molecule is C=C(C)CNC(=NCC1(N2CCOCC2)CCCCC1)NCCn1cnnc1CC.I. The average Bonchev–Trinajstić information content (AvgIpc) is 3.24. The van der Waals surface area contributed by atoms with Crippen LogP contribution >= 0.6 is 24.0 Å². The van der Waals surface area contributed by atoms with Crippen LogP contribution in [0, 0.1) is 0 Å². The molecule has 0 unspecified atom stereocenters. The minimum absolute atomic E-state index is 0. The number of halogens is 1. The first-order valence-electron chi connectivity index (χ1n) is 11.5. The highest BCUT2D eigenvalue weighted by Crippen LogP contribution is 2.34. The molecule has 0 atom stereocenters. The molecule has 2 heterocycles. The van der Waals surface area contributed by atoms with Gasteiger partial charge in [0.05, 0.1) is 19.8 Å². The summed E-state index contributed by atoms with van der Waals surface area (Å²) in [7, 11) is 0. The number of hydrogen-bond donors (Lipinski definition) is 2. The molecule has 2 fully saturated rings. The van der Waals surface area contributed by atoms with Crippen molar-refractivity contribution >= 4 is 29.9 Å². The number of guanidine groups is 1. The van der Waals surface area contributed by atoms with Gasteiger partial charge in [0.25, 0.3) is 0 Å². The summed E-state index contributed by atoms with van der Waals surface area (Å²) in [5.74, 6) is 1.88. The fourth-order valence-corrected chi connectivity index (χ4v) is 4.49. The molecule has 0 amide bonds. The first-order chi connectivity index (χ1) is 14.6. The van der Waals surface area contributed by atoms with Gasteiger partial charge in [0.1, 0.15) is 12.2 Å². The second kappa shape index (κ2) is 13.4. The molecule has 0 bridgehead atoms. The highest BCUT2D eigenvalue weighted by Gasteiger charge is 2.38. The number of aromatic nitrogens is 3. The first kappa shape index (κ1) is 26.1. The van der Waals surface area contributed by atoms with Gasteiger partial charge in [0, 0.05) is 44.7 Å². The second-order valence-electron chi connectivity index (χ2n) is 8.58. The zero-order chi connectivity index (χ0) is 21.2. The van der Waals surface area contributed by atoms with Crippen LogP contribution < -0.4 is 10.6 Å². The zero-order valence-electron chi connectivity index (χ0n) is 19.2. The number of ether oxygens (including phenoxy) is 1. The Balaban J connectivity index is 0.00000341. The van der Waals surface area contributed by atoms with Crippen LogP contribution in [-0.2, 0) is 17.7 Å². The van der Waals surface area contributed by atoms with Gasteiger partial charge in [0.2, 0.25) is 0 Å². The Morgan fingerprint density at radius 3 is 2.65 bits per heavy atom. The van der Waals surface area contributed by atoms with Crippen molar-refractivity contribution in [2.45, 2.75) is 64.5 Å². The van der Waals surface area contributed by atoms with E-state index in [2.05, 4.69) is 43.8 Å². The molecule has 0 radical (unpaired) electrons. The van der Waals surface area contributed by atoms with Crippen LogP contribution in [0.2, 0.25) is 0 Å². The third-order valence-electron chi connectivity index (χ3n) is 6.21. The highest BCUT2D eigenvalue weighted by atomic mass is 127. The molecule has 176 valence electrons. The van der Waals surface area contributed by atoms with Crippen molar-refractivity contribution in [1.82, 2.24) is 30.3 Å². The third-order valence-corrected chi connectivity index (χ3v) is 6.21. The van der Waals surface area contributed by atoms with Gasteiger partial charge in [-0.3, -0.25) is 9.89 Å². The van der Waals surface area contributed by atoms with Crippen molar-refractivity contribution in [2.24, 2.45) is 4.99 Å². The summed E-state index contributed by atoms with van der Waals surface area (Å²) >= 11 is 0. The van der Waals surface area contributed by atoms with E-state index in [1.165, 1.54) is 32.1 Å². The van der Waals surface area contributed by atoms with Crippen molar-refractivity contribution in [2.75, 3.05) is 45.9 Å². The van der Waals surface area contributed by atoms with Crippen LogP contribution in [0.4, 0.5) is 0 Å². The smallest absolute Gasteiger partial charge is 0.191 e. The van der Waals surface area contributed by atoms with Crippen LogP contribution in [0.3, 0.4) is 0 Å².